The number of nitrogens with two attached hydrogens (primary N) is 2. The van der Waals surface area contributed by atoms with Gasteiger partial charge in [-0.25, -0.2) is 10.6 Å². The van der Waals surface area contributed by atoms with Crippen LogP contribution in [0.1, 0.15) is 85.0 Å². The van der Waals surface area contributed by atoms with Gasteiger partial charge in [-0.05, 0) is 88.4 Å². The fourth-order valence-electron chi connectivity index (χ4n) is 4.69. The number of carbonyl (C=O) groups excluding carboxylic acids is 3. The number of barbiturate groups is 1. The predicted molar refractivity (Wildman–Crippen MR) is 189 cm³/mol. The van der Waals surface area contributed by atoms with Gasteiger partial charge in [-0.15, -0.1) is 0 Å². The summed E-state index contributed by atoms with van der Waals surface area (Å²) in [5, 5.41) is 34.4. The van der Waals surface area contributed by atoms with E-state index in [9.17, 15) is 28.4 Å². The van der Waals surface area contributed by atoms with Gasteiger partial charge < -0.3 is 31.7 Å². The number of rotatable bonds is 18. The van der Waals surface area contributed by atoms with Crippen molar-refractivity contribution in [2.45, 2.75) is 91.0 Å². The Morgan fingerprint density at radius 1 is 1.04 bits per heavy atom. The van der Waals surface area contributed by atoms with E-state index >= 15 is 0 Å². The Balaban J connectivity index is 0.000000923. The van der Waals surface area contributed by atoms with Crippen LogP contribution in [0.3, 0.4) is 0 Å². The lowest BCUT2D eigenvalue weighted by molar-refractivity contribution is -0.154. The van der Waals surface area contributed by atoms with E-state index in [1.54, 1.807) is 27.0 Å². The molecule has 1 fully saturated rings. The quantitative estimate of drug-likeness (QED) is 0.0268. The topological polar surface area (TPSA) is 258 Å². The number of benzene rings is 1. The maximum atomic E-state index is 12.5. The highest BCUT2D eigenvalue weighted by Crippen LogP contribution is 2.33. The van der Waals surface area contributed by atoms with Gasteiger partial charge in [0.25, 0.3) is 6.47 Å². The number of anilines is 2. The molecule has 0 aliphatic carbocycles. The molecule has 0 spiro atoms. The number of hydrogen-bond acceptors (Lipinski definition) is 10. The Morgan fingerprint density at radius 2 is 1.62 bits per heavy atom. The number of hydrazine groups is 1. The van der Waals surface area contributed by atoms with Crippen molar-refractivity contribution in [3.05, 3.63) is 36.2 Å². The van der Waals surface area contributed by atoms with Crippen molar-refractivity contribution in [1.29, 1.82) is 0 Å². The number of urea groups is 1. The molecule has 2 rings (SSSR count). The van der Waals surface area contributed by atoms with Crippen molar-refractivity contribution in [2.75, 3.05) is 23.5 Å². The number of nitrogens with one attached hydrogen (secondary N) is 3. The second-order valence-electron chi connectivity index (χ2n) is 11.1. The molecule has 1 heterocycles. The van der Waals surface area contributed by atoms with Gasteiger partial charge in [0.1, 0.15) is 5.41 Å². The number of allylic oxidation sites excluding steroid dienone is 1. The standard InChI is InChI=1S/C18H28FN5O2S.C13H20N2O5.CH2O2/c19-11-4-5-14(20)13-24(21)16-9-7-15(8-10-16)23-18(27)22-12-3-1-2-6-17(25)26;1-4-13(5-2)10(18)14-12(20)15(11(13)19)8(3)6-7-9(16)17;2-1-3/h7-10,13H,1-6,11-12,20-21H2,(H,25,26)(H2,22,23,27);8H,4-7H2,1-3H3,(H,16,17)(H,14,18,20);1H,(H,2,3)/b14-13-;;. The average Bonchev–Trinajstić information content (AvgIpc) is 3.05. The van der Waals surface area contributed by atoms with Gasteiger partial charge in [-0.3, -0.25) is 43.6 Å². The third-order valence-electron chi connectivity index (χ3n) is 7.61. The van der Waals surface area contributed by atoms with Crippen molar-refractivity contribution in [3.8, 4) is 0 Å². The van der Waals surface area contributed by atoms with Crippen molar-refractivity contribution in [1.82, 2.24) is 15.5 Å². The van der Waals surface area contributed by atoms with E-state index in [0.717, 1.165) is 29.1 Å². The number of hydrogen-bond donors (Lipinski definition) is 8. The number of halogens is 1. The summed E-state index contributed by atoms with van der Waals surface area (Å²) in [4.78, 5) is 66.7. The number of unbranched alkanes of at least 4 members (excludes halogenated alkanes) is 2. The number of alkyl halides is 1. The van der Waals surface area contributed by atoms with E-state index in [-0.39, 0.29) is 25.7 Å². The molecule has 0 bridgehead atoms. The minimum Gasteiger partial charge on any atom is -0.483 e. The van der Waals surface area contributed by atoms with Crippen LogP contribution in [0.15, 0.2) is 36.2 Å². The summed E-state index contributed by atoms with van der Waals surface area (Å²) in [6.45, 7) is 5.07. The first-order valence-corrected chi connectivity index (χ1v) is 16.5. The molecule has 1 atom stereocenters. The maximum absolute atomic E-state index is 12.5. The van der Waals surface area contributed by atoms with Crippen LogP contribution < -0.4 is 32.5 Å². The molecule has 0 aromatic heterocycles. The lowest BCUT2D eigenvalue weighted by atomic mass is 9.78. The van der Waals surface area contributed by atoms with Crippen LogP contribution >= 0.6 is 12.2 Å². The molecular formula is C32H50FN7O9S. The normalized spacial score (nSPS) is 14.1. The number of carbonyl (C=O) groups is 6. The third kappa shape index (κ3) is 16.0. The molecule has 280 valence electrons. The van der Waals surface area contributed by atoms with Crippen molar-refractivity contribution < 1.29 is 48.5 Å². The Kier molecular flexibility index (Phi) is 22.0. The summed E-state index contributed by atoms with van der Waals surface area (Å²) in [7, 11) is 0. The zero-order valence-electron chi connectivity index (χ0n) is 28.7. The first-order valence-electron chi connectivity index (χ1n) is 16.0. The van der Waals surface area contributed by atoms with Gasteiger partial charge in [-0.2, -0.15) is 0 Å². The maximum Gasteiger partial charge on any atom is 0.331 e. The summed E-state index contributed by atoms with van der Waals surface area (Å²) >= 11 is 5.23. The molecule has 18 heteroatoms. The lowest BCUT2D eigenvalue weighted by Gasteiger charge is -2.40. The van der Waals surface area contributed by atoms with Crippen LogP contribution in [-0.4, -0.2) is 80.8 Å². The average molecular weight is 728 g/mol. The predicted octanol–water partition coefficient (Wildman–Crippen LogP) is 3.67. The van der Waals surface area contributed by atoms with Crippen LogP contribution in [0.2, 0.25) is 0 Å². The molecule has 0 saturated carbocycles. The monoisotopic (exact) mass is 727 g/mol. The summed E-state index contributed by atoms with van der Waals surface area (Å²) in [5.74, 6) is 3.07. The molecule has 1 aromatic rings. The summed E-state index contributed by atoms with van der Waals surface area (Å²) in [6, 6.07) is 5.97. The van der Waals surface area contributed by atoms with Gasteiger partial charge in [0.05, 0.1) is 12.4 Å². The Morgan fingerprint density at radius 3 is 2.14 bits per heavy atom. The first-order chi connectivity index (χ1) is 23.6. The molecule has 16 nitrogen and oxygen atoms in total. The second kappa shape index (κ2) is 24.3. The van der Waals surface area contributed by atoms with Gasteiger partial charge in [0, 0.05) is 43.0 Å². The number of imide groups is 2. The van der Waals surface area contributed by atoms with Crippen LogP contribution in [0.4, 0.5) is 20.6 Å². The smallest absolute Gasteiger partial charge is 0.331 e. The number of carboxylic acid groups (broad SMARTS) is 3. The van der Waals surface area contributed by atoms with Gasteiger partial charge >= 0.3 is 18.0 Å². The highest BCUT2D eigenvalue weighted by molar-refractivity contribution is 7.80. The van der Waals surface area contributed by atoms with Gasteiger partial charge in [0.2, 0.25) is 11.8 Å². The van der Waals surface area contributed by atoms with Crippen LogP contribution in [0.5, 0.6) is 0 Å². The largest absolute Gasteiger partial charge is 0.483 e. The summed E-state index contributed by atoms with van der Waals surface area (Å²) in [5.41, 5.74) is 6.63. The summed E-state index contributed by atoms with van der Waals surface area (Å²) in [6.07, 6.45) is 5.58. The number of thiocarbonyl (C=S) groups is 1. The fraction of sp³-hybridized carbons (Fsp3) is 0.531. The zero-order valence-corrected chi connectivity index (χ0v) is 29.5. The Bertz CT molecular complexity index is 1310. The lowest BCUT2D eigenvalue weighted by Crippen LogP contribution is -2.65. The minimum atomic E-state index is -1.23. The van der Waals surface area contributed by atoms with E-state index in [0.29, 0.717) is 49.5 Å². The number of aliphatic carboxylic acids is 2. The van der Waals surface area contributed by atoms with Crippen LogP contribution in [-0.2, 0) is 24.0 Å². The van der Waals surface area contributed by atoms with E-state index in [1.165, 1.54) is 5.01 Å². The molecule has 10 N–H and O–H groups in total. The molecule has 1 saturated heterocycles. The molecule has 1 unspecified atom stereocenters. The molecular weight excluding hydrogens is 677 g/mol. The fourth-order valence-corrected chi connectivity index (χ4v) is 4.91. The molecule has 1 aliphatic heterocycles. The van der Waals surface area contributed by atoms with E-state index in [4.69, 9.17) is 43.9 Å². The molecule has 1 aliphatic rings. The molecule has 4 amide bonds. The molecule has 0 radical (unpaired) electrons. The first kappa shape index (κ1) is 45.2. The second-order valence-corrected chi connectivity index (χ2v) is 11.6. The SMILES string of the molecule is CCC1(CC)C(=O)NC(=O)N(C(C)CCC(=O)O)C1=O.N/C(=C\N(N)c1ccc(NC(=S)NCCCCCC(=O)O)cc1)CCCF.O=CO. The highest BCUT2D eigenvalue weighted by Gasteiger charge is 2.52. The van der Waals surface area contributed by atoms with Crippen LogP contribution in [0, 0.1) is 5.41 Å². The highest BCUT2D eigenvalue weighted by atomic mass is 32.1. The van der Waals surface area contributed by atoms with E-state index in [1.807, 2.05) is 24.3 Å². The number of nitrogens with zero attached hydrogens (tertiary/aromatic N) is 2. The summed E-state index contributed by atoms with van der Waals surface area (Å²) < 4.78 is 12.2. The Labute approximate surface area is 296 Å². The van der Waals surface area contributed by atoms with Crippen molar-refractivity contribution >= 4 is 65.0 Å². The van der Waals surface area contributed by atoms with Gasteiger partial charge in [0.15, 0.2) is 5.11 Å². The van der Waals surface area contributed by atoms with Crippen molar-refractivity contribution in [3.63, 3.8) is 0 Å². The van der Waals surface area contributed by atoms with Crippen LogP contribution in [0.25, 0.3) is 0 Å². The molecule has 50 heavy (non-hydrogen) atoms. The molecule has 1 aromatic carbocycles. The van der Waals surface area contributed by atoms with E-state index < -0.39 is 47.9 Å². The van der Waals surface area contributed by atoms with Gasteiger partial charge in [-0.1, -0.05) is 20.3 Å². The van der Waals surface area contributed by atoms with Crippen molar-refractivity contribution in [2.24, 2.45) is 17.0 Å². The minimum absolute atomic E-state index is 0.141. The van der Waals surface area contributed by atoms with E-state index in [2.05, 4.69) is 16.0 Å². The number of carboxylic acids is 2. The Hall–Kier alpha value is -4.84. The third-order valence-corrected chi connectivity index (χ3v) is 7.85. The number of amides is 4. The zero-order chi connectivity index (χ0) is 38.3.